The molecular formula is C16H17N5O2. The summed E-state index contributed by atoms with van der Waals surface area (Å²) in [5, 5.41) is 9.87. The summed E-state index contributed by atoms with van der Waals surface area (Å²) in [6.45, 7) is 1.13. The van der Waals surface area contributed by atoms with Crippen LogP contribution in [0.4, 0.5) is 0 Å². The van der Waals surface area contributed by atoms with Crippen molar-refractivity contribution in [3.63, 3.8) is 0 Å². The molecule has 0 saturated heterocycles. The molecule has 0 aliphatic rings. The van der Waals surface area contributed by atoms with Crippen molar-refractivity contribution in [3.8, 4) is 11.3 Å². The first-order valence-electron chi connectivity index (χ1n) is 7.33. The van der Waals surface area contributed by atoms with Gasteiger partial charge in [-0.25, -0.2) is 9.97 Å². The maximum absolute atomic E-state index is 12.1. The summed E-state index contributed by atoms with van der Waals surface area (Å²) in [4.78, 5) is 20.7. The molecule has 3 aromatic rings. The van der Waals surface area contributed by atoms with Crippen LogP contribution in [0.1, 0.15) is 16.9 Å². The molecule has 23 heavy (non-hydrogen) atoms. The normalized spacial score (nSPS) is 10.8. The minimum Gasteiger partial charge on any atom is -0.385 e. The molecule has 0 spiro atoms. The smallest absolute Gasteiger partial charge is 0.271 e. The Morgan fingerprint density at radius 3 is 2.91 bits per heavy atom. The van der Waals surface area contributed by atoms with Crippen LogP contribution in [0, 0.1) is 0 Å². The molecule has 2 aromatic heterocycles. The van der Waals surface area contributed by atoms with Crippen LogP contribution in [0.15, 0.2) is 36.5 Å². The number of fused-ring (bicyclic) bond motifs is 1. The average molecular weight is 311 g/mol. The lowest BCUT2D eigenvalue weighted by Gasteiger charge is -2.04. The molecule has 0 fully saturated rings. The maximum atomic E-state index is 12.1. The number of benzene rings is 1. The topological polar surface area (TPSA) is 92.8 Å². The second-order valence-electron chi connectivity index (χ2n) is 4.99. The van der Waals surface area contributed by atoms with Crippen molar-refractivity contribution in [2.45, 2.75) is 6.42 Å². The van der Waals surface area contributed by atoms with E-state index in [0.29, 0.717) is 24.3 Å². The highest BCUT2D eigenvalue weighted by Crippen LogP contribution is 2.23. The van der Waals surface area contributed by atoms with Crippen molar-refractivity contribution in [2.75, 3.05) is 20.3 Å². The van der Waals surface area contributed by atoms with Gasteiger partial charge >= 0.3 is 0 Å². The minimum atomic E-state index is -0.254. The van der Waals surface area contributed by atoms with Gasteiger partial charge in [0.1, 0.15) is 11.2 Å². The van der Waals surface area contributed by atoms with Gasteiger partial charge in [-0.15, -0.1) is 0 Å². The third kappa shape index (κ3) is 3.35. The van der Waals surface area contributed by atoms with Gasteiger partial charge in [0.15, 0.2) is 5.65 Å². The second kappa shape index (κ2) is 6.97. The summed E-state index contributed by atoms with van der Waals surface area (Å²) in [7, 11) is 1.63. The zero-order valence-corrected chi connectivity index (χ0v) is 12.7. The number of aromatic amines is 1. The molecule has 2 N–H and O–H groups in total. The van der Waals surface area contributed by atoms with Gasteiger partial charge < -0.3 is 10.1 Å². The summed E-state index contributed by atoms with van der Waals surface area (Å²) >= 11 is 0. The van der Waals surface area contributed by atoms with E-state index in [1.54, 1.807) is 7.11 Å². The molecule has 0 unspecified atom stereocenters. The number of amides is 1. The largest absolute Gasteiger partial charge is 0.385 e. The maximum Gasteiger partial charge on any atom is 0.271 e. The molecule has 0 aliphatic carbocycles. The summed E-state index contributed by atoms with van der Waals surface area (Å²) in [5.74, 6) is -0.254. The average Bonchev–Trinajstić information content (AvgIpc) is 3.02. The second-order valence-corrected chi connectivity index (χ2v) is 4.99. The Morgan fingerprint density at radius 2 is 2.13 bits per heavy atom. The fraction of sp³-hybridized carbons (Fsp3) is 0.250. The zero-order chi connectivity index (χ0) is 16.1. The van der Waals surface area contributed by atoms with E-state index in [4.69, 9.17) is 4.74 Å². The third-order valence-corrected chi connectivity index (χ3v) is 3.37. The first-order chi connectivity index (χ1) is 11.3. The molecule has 7 nitrogen and oxygen atoms in total. The van der Waals surface area contributed by atoms with E-state index in [-0.39, 0.29) is 11.6 Å². The minimum absolute atomic E-state index is 0.254. The highest BCUT2D eigenvalue weighted by molar-refractivity contribution is 5.95. The third-order valence-electron chi connectivity index (χ3n) is 3.37. The number of ether oxygens (including phenoxy) is 1. The Kier molecular flexibility index (Phi) is 4.58. The monoisotopic (exact) mass is 311 g/mol. The van der Waals surface area contributed by atoms with Crippen LogP contribution in [-0.4, -0.2) is 46.3 Å². The van der Waals surface area contributed by atoms with Crippen LogP contribution < -0.4 is 5.32 Å². The molecule has 118 valence electrons. The Morgan fingerprint density at radius 1 is 1.30 bits per heavy atom. The van der Waals surface area contributed by atoms with Gasteiger partial charge in [-0.2, -0.15) is 5.10 Å². The molecule has 1 aromatic carbocycles. The zero-order valence-electron chi connectivity index (χ0n) is 12.7. The molecule has 0 aliphatic heterocycles. The van der Waals surface area contributed by atoms with Crippen LogP contribution in [0.25, 0.3) is 22.4 Å². The predicted molar refractivity (Wildman–Crippen MR) is 85.9 cm³/mol. The standard InChI is InChI=1S/C16H17N5O2/c1-23-9-5-8-17-16(22)12-10-18-15-14(19-12)13(20-21-15)11-6-3-2-4-7-11/h2-4,6-7,10H,5,8-9H2,1H3,(H,17,22)(H,18,20,21). The number of carbonyl (C=O) groups is 1. The van der Waals surface area contributed by atoms with Crippen LogP contribution in [0.5, 0.6) is 0 Å². The fourth-order valence-corrected chi connectivity index (χ4v) is 2.22. The quantitative estimate of drug-likeness (QED) is 0.677. The number of nitrogens with one attached hydrogen (secondary N) is 2. The number of hydrogen-bond donors (Lipinski definition) is 2. The van der Waals surface area contributed by atoms with Crippen LogP contribution in [0.3, 0.4) is 0 Å². The number of aromatic nitrogens is 4. The van der Waals surface area contributed by atoms with Crippen molar-refractivity contribution in [2.24, 2.45) is 0 Å². The Balaban J connectivity index is 1.85. The first-order valence-corrected chi connectivity index (χ1v) is 7.33. The van der Waals surface area contributed by atoms with E-state index in [0.717, 1.165) is 17.7 Å². The van der Waals surface area contributed by atoms with Gasteiger partial charge in [0.25, 0.3) is 5.91 Å². The van der Waals surface area contributed by atoms with Crippen molar-refractivity contribution < 1.29 is 9.53 Å². The summed E-state index contributed by atoms with van der Waals surface area (Å²) in [6.07, 6.45) is 2.18. The molecule has 1 amide bonds. The lowest BCUT2D eigenvalue weighted by Crippen LogP contribution is -2.26. The molecule has 0 atom stereocenters. The molecular weight excluding hydrogens is 294 g/mol. The predicted octanol–water partition coefficient (Wildman–Crippen LogP) is 1.79. The molecule has 2 heterocycles. The van der Waals surface area contributed by atoms with E-state index in [1.807, 2.05) is 30.3 Å². The van der Waals surface area contributed by atoms with E-state index in [9.17, 15) is 4.79 Å². The number of methoxy groups -OCH3 is 1. The molecule has 7 heteroatoms. The van der Waals surface area contributed by atoms with Crippen molar-refractivity contribution >= 4 is 17.1 Å². The van der Waals surface area contributed by atoms with Gasteiger partial charge in [-0.05, 0) is 6.42 Å². The van der Waals surface area contributed by atoms with Crippen molar-refractivity contribution in [1.29, 1.82) is 0 Å². The molecule has 0 radical (unpaired) electrons. The highest BCUT2D eigenvalue weighted by atomic mass is 16.5. The van der Waals surface area contributed by atoms with E-state index in [2.05, 4.69) is 25.5 Å². The van der Waals surface area contributed by atoms with Gasteiger partial charge in [-0.1, -0.05) is 30.3 Å². The van der Waals surface area contributed by atoms with Gasteiger partial charge in [-0.3, -0.25) is 9.89 Å². The fourth-order valence-electron chi connectivity index (χ4n) is 2.22. The molecule has 3 rings (SSSR count). The van der Waals surface area contributed by atoms with Gasteiger partial charge in [0.2, 0.25) is 0 Å². The number of carbonyl (C=O) groups excluding carboxylic acids is 1. The van der Waals surface area contributed by atoms with E-state index in [1.165, 1.54) is 6.20 Å². The van der Waals surface area contributed by atoms with Crippen molar-refractivity contribution in [3.05, 3.63) is 42.2 Å². The lowest BCUT2D eigenvalue weighted by atomic mass is 10.1. The number of H-pyrrole nitrogens is 1. The Labute approximate surface area is 133 Å². The van der Waals surface area contributed by atoms with Gasteiger partial charge in [0.05, 0.1) is 11.9 Å². The van der Waals surface area contributed by atoms with Gasteiger partial charge in [0, 0.05) is 25.8 Å². The highest BCUT2D eigenvalue weighted by Gasteiger charge is 2.14. The van der Waals surface area contributed by atoms with Crippen LogP contribution >= 0.6 is 0 Å². The number of rotatable bonds is 6. The molecule has 0 bridgehead atoms. The summed E-state index contributed by atoms with van der Waals surface area (Å²) < 4.78 is 4.95. The Bertz CT molecular complexity index is 801. The van der Waals surface area contributed by atoms with Crippen molar-refractivity contribution in [1.82, 2.24) is 25.5 Å². The van der Waals surface area contributed by atoms with E-state index >= 15 is 0 Å². The van der Waals surface area contributed by atoms with Crippen LogP contribution in [-0.2, 0) is 4.74 Å². The first kappa shape index (κ1) is 15.1. The summed E-state index contributed by atoms with van der Waals surface area (Å²) in [5.41, 5.74) is 3.04. The van der Waals surface area contributed by atoms with E-state index < -0.39 is 0 Å². The molecule has 0 saturated carbocycles. The number of nitrogens with zero attached hydrogens (tertiary/aromatic N) is 3. The SMILES string of the molecule is COCCCNC(=O)c1cnc2n[nH]c(-c3ccccc3)c2n1. The van der Waals surface area contributed by atoms with Crippen LogP contribution in [0.2, 0.25) is 0 Å². The summed E-state index contributed by atoms with van der Waals surface area (Å²) in [6, 6.07) is 9.70. The number of hydrogen-bond acceptors (Lipinski definition) is 5. The Hall–Kier alpha value is -2.80. The lowest BCUT2D eigenvalue weighted by molar-refractivity contribution is 0.0943.